The van der Waals surface area contributed by atoms with Gasteiger partial charge in [-0.2, -0.15) is 8.78 Å². The number of likely N-dealkylation sites (N-methyl/N-ethyl adjacent to an activating group) is 1. The summed E-state index contributed by atoms with van der Waals surface area (Å²) >= 11 is 0. The van der Waals surface area contributed by atoms with Crippen molar-refractivity contribution >= 4 is 11.8 Å². The molecule has 0 aromatic heterocycles. The third kappa shape index (κ3) is 5.53. The number of morpholine rings is 1. The van der Waals surface area contributed by atoms with Crippen molar-refractivity contribution < 1.29 is 23.1 Å². The molecule has 1 aromatic rings. The molecule has 0 aliphatic carbocycles. The van der Waals surface area contributed by atoms with Crippen molar-refractivity contribution in [1.29, 1.82) is 0 Å². The number of nitrogens with one attached hydrogen (secondary N) is 1. The highest BCUT2D eigenvalue weighted by molar-refractivity contribution is 6.06. The Kier molecular flexibility index (Phi) is 7.74. The molecule has 3 rings (SSSR count). The van der Waals surface area contributed by atoms with Crippen LogP contribution in [0.2, 0.25) is 0 Å². The molecule has 7 nitrogen and oxygen atoms in total. The lowest BCUT2D eigenvalue weighted by atomic mass is 10.0. The summed E-state index contributed by atoms with van der Waals surface area (Å²) in [4.78, 5) is 29.6. The zero-order valence-corrected chi connectivity index (χ0v) is 17.4. The highest BCUT2D eigenvalue weighted by Gasteiger charge is 2.49. The van der Waals surface area contributed by atoms with Gasteiger partial charge >= 0.3 is 17.7 Å². The van der Waals surface area contributed by atoms with Crippen molar-refractivity contribution in [1.82, 2.24) is 20.0 Å². The van der Waals surface area contributed by atoms with E-state index in [1.807, 2.05) is 18.2 Å². The van der Waals surface area contributed by atoms with Gasteiger partial charge in [0, 0.05) is 51.9 Å². The molecule has 30 heavy (non-hydrogen) atoms. The maximum atomic E-state index is 14.2. The second kappa shape index (κ2) is 10.3. The van der Waals surface area contributed by atoms with Crippen molar-refractivity contribution in [3.8, 4) is 0 Å². The van der Waals surface area contributed by atoms with E-state index in [1.54, 1.807) is 0 Å². The summed E-state index contributed by atoms with van der Waals surface area (Å²) in [5.74, 6) is -7.04. The van der Waals surface area contributed by atoms with Crippen molar-refractivity contribution in [2.45, 2.75) is 18.4 Å². The topological polar surface area (TPSA) is 65.1 Å². The second-order valence-electron chi connectivity index (χ2n) is 7.81. The maximum Gasteiger partial charge on any atom is 0.400 e. The minimum atomic E-state index is -4.06. The molecule has 2 heterocycles. The van der Waals surface area contributed by atoms with E-state index in [0.717, 1.165) is 24.5 Å². The zero-order valence-electron chi connectivity index (χ0n) is 17.4. The lowest BCUT2D eigenvalue weighted by Gasteiger charge is -2.40. The molecule has 9 heteroatoms. The Bertz CT molecular complexity index is 713. The Balaban J connectivity index is 1.48. The van der Waals surface area contributed by atoms with E-state index in [2.05, 4.69) is 34.3 Å². The smallest absolute Gasteiger partial charge is 0.378 e. The number of hydrogen-bond acceptors (Lipinski definition) is 5. The molecule has 2 fully saturated rings. The number of rotatable bonds is 7. The predicted molar refractivity (Wildman–Crippen MR) is 108 cm³/mol. The molecular formula is C21H30F2N4O3. The van der Waals surface area contributed by atoms with Crippen LogP contribution in [0.3, 0.4) is 0 Å². The molecule has 2 saturated heterocycles. The zero-order chi connectivity index (χ0) is 21.6. The number of benzene rings is 1. The molecule has 0 unspecified atom stereocenters. The van der Waals surface area contributed by atoms with E-state index in [9.17, 15) is 18.4 Å². The Morgan fingerprint density at radius 2 is 1.83 bits per heavy atom. The van der Waals surface area contributed by atoms with Gasteiger partial charge in [-0.15, -0.1) is 0 Å². The third-order valence-electron chi connectivity index (χ3n) is 5.64. The summed E-state index contributed by atoms with van der Waals surface area (Å²) in [7, 11) is 2.08. The first-order valence-electron chi connectivity index (χ1n) is 10.4. The molecule has 1 aromatic carbocycles. The van der Waals surface area contributed by atoms with Gasteiger partial charge in [-0.25, -0.2) is 0 Å². The van der Waals surface area contributed by atoms with Crippen LogP contribution in [-0.4, -0.2) is 98.5 Å². The number of carbonyl (C=O) groups excluding carboxylic acids is 2. The molecular weight excluding hydrogens is 394 g/mol. The maximum absolute atomic E-state index is 14.2. The summed E-state index contributed by atoms with van der Waals surface area (Å²) < 4.78 is 33.5. The molecule has 0 bridgehead atoms. The van der Waals surface area contributed by atoms with E-state index in [1.165, 1.54) is 5.56 Å². The van der Waals surface area contributed by atoms with Crippen LogP contribution in [0.4, 0.5) is 8.78 Å². The molecule has 2 amide bonds. The van der Waals surface area contributed by atoms with Gasteiger partial charge in [0.05, 0.1) is 13.2 Å². The van der Waals surface area contributed by atoms with Crippen LogP contribution < -0.4 is 5.32 Å². The predicted octanol–water partition coefficient (Wildman–Crippen LogP) is 0.976. The molecule has 1 atom stereocenters. The van der Waals surface area contributed by atoms with Gasteiger partial charge in [-0.3, -0.25) is 14.5 Å². The van der Waals surface area contributed by atoms with E-state index in [0.29, 0.717) is 13.0 Å². The fourth-order valence-corrected chi connectivity index (χ4v) is 3.87. The Hall–Kier alpha value is -2.10. The van der Waals surface area contributed by atoms with Crippen molar-refractivity contribution in [3.63, 3.8) is 0 Å². The van der Waals surface area contributed by atoms with Gasteiger partial charge in [0.1, 0.15) is 0 Å². The number of hydrogen-bond donors (Lipinski definition) is 1. The lowest BCUT2D eigenvalue weighted by molar-refractivity contribution is -0.170. The summed E-state index contributed by atoms with van der Waals surface area (Å²) in [5, 5.41) is 2.24. The van der Waals surface area contributed by atoms with Crippen LogP contribution in [-0.2, 0) is 14.3 Å². The second-order valence-corrected chi connectivity index (χ2v) is 7.81. The van der Waals surface area contributed by atoms with E-state index in [-0.39, 0.29) is 38.9 Å². The molecule has 2 aliphatic heterocycles. The van der Waals surface area contributed by atoms with E-state index >= 15 is 0 Å². The van der Waals surface area contributed by atoms with Crippen LogP contribution in [0.15, 0.2) is 30.3 Å². The number of carbonyl (C=O) groups is 2. The fraction of sp³-hybridized carbons (Fsp3) is 0.619. The number of halogens is 2. The van der Waals surface area contributed by atoms with Crippen LogP contribution >= 0.6 is 0 Å². The quantitative estimate of drug-likeness (QED) is 0.522. The first kappa shape index (κ1) is 22.6. The Morgan fingerprint density at radius 1 is 1.13 bits per heavy atom. The third-order valence-corrected chi connectivity index (χ3v) is 5.64. The minimum absolute atomic E-state index is 0.0754. The number of alkyl halides is 2. The largest absolute Gasteiger partial charge is 0.400 e. The van der Waals surface area contributed by atoms with Crippen LogP contribution in [0.25, 0.3) is 0 Å². The number of amides is 2. The van der Waals surface area contributed by atoms with Crippen LogP contribution in [0, 0.1) is 0 Å². The average Bonchev–Trinajstić information content (AvgIpc) is 2.77. The first-order chi connectivity index (χ1) is 14.4. The average molecular weight is 424 g/mol. The molecule has 0 radical (unpaired) electrons. The van der Waals surface area contributed by atoms with Crippen LogP contribution in [0.1, 0.15) is 18.0 Å². The SMILES string of the molecule is CN1CCN(CCCNC(=O)C(F)(F)C(=O)N2CCOCC2)[C@H](c2ccccc2)C1. The number of ether oxygens (including phenoxy) is 1. The van der Waals surface area contributed by atoms with Gasteiger partial charge in [-0.05, 0) is 19.0 Å². The molecule has 2 aliphatic rings. The summed E-state index contributed by atoms with van der Waals surface area (Å²) in [6.45, 7) is 4.03. The molecule has 0 saturated carbocycles. The first-order valence-corrected chi connectivity index (χ1v) is 10.4. The van der Waals surface area contributed by atoms with Crippen molar-refractivity contribution in [2.75, 3.05) is 66.1 Å². The van der Waals surface area contributed by atoms with Crippen LogP contribution in [0.5, 0.6) is 0 Å². The van der Waals surface area contributed by atoms with Gasteiger partial charge in [-0.1, -0.05) is 30.3 Å². The number of nitrogens with zero attached hydrogens (tertiary/aromatic N) is 3. The highest BCUT2D eigenvalue weighted by atomic mass is 19.3. The van der Waals surface area contributed by atoms with Gasteiger partial charge in [0.2, 0.25) is 0 Å². The summed E-state index contributed by atoms with van der Waals surface area (Å²) in [6, 6.07) is 10.4. The van der Waals surface area contributed by atoms with Crippen molar-refractivity contribution in [2.24, 2.45) is 0 Å². The number of piperazine rings is 1. The van der Waals surface area contributed by atoms with Gasteiger partial charge in [0.15, 0.2) is 0 Å². The lowest BCUT2D eigenvalue weighted by Crippen LogP contribution is -2.55. The summed E-state index contributed by atoms with van der Waals surface area (Å²) in [5.41, 5.74) is 1.22. The Morgan fingerprint density at radius 3 is 2.53 bits per heavy atom. The van der Waals surface area contributed by atoms with E-state index in [4.69, 9.17) is 4.74 Å². The molecule has 166 valence electrons. The fourth-order valence-electron chi connectivity index (χ4n) is 3.87. The standard InChI is InChI=1S/C21H30F2N4O3/c1-25-10-11-26(18(16-25)17-6-3-2-4-7-17)9-5-8-24-19(28)21(22,23)20(29)27-12-14-30-15-13-27/h2-4,6-7,18H,5,8-16H2,1H3,(H,24,28)/t18-/m0/s1. The molecule has 1 N–H and O–H groups in total. The van der Waals surface area contributed by atoms with E-state index < -0.39 is 17.7 Å². The van der Waals surface area contributed by atoms with Gasteiger partial charge in [0.25, 0.3) is 0 Å². The Labute approximate surface area is 175 Å². The summed E-state index contributed by atoms with van der Waals surface area (Å²) in [6.07, 6.45) is 0.528. The highest BCUT2D eigenvalue weighted by Crippen LogP contribution is 2.25. The monoisotopic (exact) mass is 424 g/mol. The minimum Gasteiger partial charge on any atom is -0.378 e. The van der Waals surface area contributed by atoms with Crippen molar-refractivity contribution in [3.05, 3.63) is 35.9 Å². The normalized spacial score (nSPS) is 21.4. The van der Waals surface area contributed by atoms with Gasteiger partial charge < -0.3 is 19.9 Å². The molecule has 0 spiro atoms.